The molecule has 1 heterocycles. The molecule has 0 saturated carbocycles. The molecule has 1 N–H and O–H groups in total. The van der Waals surface area contributed by atoms with Crippen molar-refractivity contribution in [2.45, 2.75) is 19.8 Å². The van der Waals surface area contributed by atoms with Crippen LogP contribution in [0.15, 0.2) is 24.3 Å². The van der Waals surface area contributed by atoms with Gasteiger partial charge in [0.15, 0.2) is 0 Å². The molecular weight excluding hydrogens is 281 g/mol. The van der Waals surface area contributed by atoms with Crippen LogP contribution in [0.5, 0.6) is 0 Å². The Morgan fingerprint density at radius 2 is 1.95 bits per heavy atom. The smallest absolute Gasteiger partial charge is 0.131 e. The van der Waals surface area contributed by atoms with Gasteiger partial charge in [-0.15, -0.1) is 0 Å². The lowest BCUT2D eigenvalue weighted by atomic mass is 10.1. The number of nitrogens with zero attached hydrogens (tertiary/aromatic N) is 2. The van der Waals surface area contributed by atoms with Crippen LogP contribution in [-0.4, -0.2) is 17.0 Å². The maximum absolute atomic E-state index is 6.22. The van der Waals surface area contributed by atoms with Crippen molar-refractivity contribution in [3.8, 4) is 11.3 Å². The van der Waals surface area contributed by atoms with E-state index in [9.17, 15) is 0 Å². The molecule has 100 valence electrons. The van der Waals surface area contributed by atoms with Gasteiger partial charge in [0.2, 0.25) is 0 Å². The van der Waals surface area contributed by atoms with Gasteiger partial charge < -0.3 is 5.32 Å². The van der Waals surface area contributed by atoms with Gasteiger partial charge in [-0.3, -0.25) is 0 Å². The number of rotatable bonds is 4. The highest BCUT2D eigenvalue weighted by molar-refractivity contribution is 6.35. The molecule has 0 radical (unpaired) electrons. The zero-order valence-corrected chi connectivity index (χ0v) is 12.4. The summed E-state index contributed by atoms with van der Waals surface area (Å²) in [6.45, 7) is 2.10. The van der Waals surface area contributed by atoms with E-state index in [-0.39, 0.29) is 0 Å². The van der Waals surface area contributed by atoms with Crippen molar-refractivity contribution in [3.05, 3.63) is 40.1 Å². The molecular formula is C14H15Cl2N3. The van der Waals surface area contributed by atoms with Gasteiger partial charge in [-0.1, -0.05) is 30.1 Å². The highest BCUT2D eigenvalue weighted by Gasteiger charge is 2.09. The summed E-state index contributed by atoms with van der Waals surface area (Å²) in [6.07, 6.45) is 1.83. The van der Waals surface area contributed by atoms with E-state index in [1.54, 1.807) is 12.1 Å². The fraction of sp³-hybridized carbons (Fsp3) is 0.286. The Morgan fingerprint density at radius 3 is 2.63 bits per heavy atom. The molecule has 0 saturated heterocycles. The average molecular weight is 296 g/mol. The van der Waals surface area contributed by atoms with Gasteiger partial charge >= 0.3 is 0 Å². The van der Waals surface area contributed by atoms with Gasteiger partial charge in [0.1, 0.15) is 11.6 Å². The normalized spacial score (nSPS) is 10.5. The van der Waals surface area contributed by atoms with Crippen molar-refractivity contribution in [1.29, 1.82) is 0 Å². The Kier molecular flexibility index (Phi) is 4.61. The summed E-state index contributed by atoms with van der Waals surface area (Å²) in [5.41, 5.74) is 1.61. The maximum atomic E-state index is 6.22. The Labute approximate surface area is 123 Å². The third kappa shape index (κ3) is 3.37. The Morgan fingerprint density at radius 1 is 1.16 bits per heavy atom. The number of hydrogen-bond acceptors (Lipinski definition) is 3. The van der Waals surface area contributed by atoms with E-state index >= 15 is 0 Å². The first-order valence-corrected chi connectivity index (χ1v) is 6.90. The number of hydrogen-bond donors (Lipinski definition) is 1. The molecule has 0 amide bonds. The van der Waals surface area contributed by atoms with Gasteiger partial charge in [0, 0.05) is 30.1 Å². The molecule has 0 fully saturated rings. The SMILES string of the molecule is CCCc1nc(NC)cc(-c2cc(Cl)ccc2Cl)n1. The molecule has 0 aliphatic rings. The fourth-order valence-electron chi connectivity index (χ4n) is 1.79. The van der Waals surface area contributed by atoms with Crippen molar-refractivity contribution in [2.75, 3.05) is 12.4 Å². The monoisotopic (exact) mass is 295 g/mol. The number of aryl methyl sites for hydroxylation is 1. The molecule has 2 rings (SSSR count). The molecule has 0 spiro atoms. The van der Waals surface area contributed by atoms with E-state index in [0.717, 1.165) is 35.7 Å². The van der Waals surface area contributed by atoms with Crippen LogP contribution in [0, 0.1) is 0 Å². The van der Waals surface area contributed by atoms with E-state index in [0.29, 0.717) is 10.0 Å². The Hall–Kier alpha value is -1.32. The molecule has 0 aliphatic heterocycles. The van der Waals surface area contributed by atoms with Crippen molar-refractivity contribution >= 4 is 29.0 Å². The van der Waals surface area contributed by atoms with Crippen LogP contribution in [0.2, 0.25) is 10.0 Å². The highest BCUT2D eigenvalue weighted by Crippen LogP contribution is 2.30. The third-order valence-electron chi connectivity index (χ3n) is 2.71. The van der Waals surface area contributed by atoms with Gasteiger partial charge in [-0.05, 0) is 24.6 Å². The minimum absolute atomic E-state index is 0.632. The van der Waals surface area contributed by atoms with Crippen LogP contribution in [0.1, 0.15) is 19.2 Å². The lowest BCUT2D eigenvalue weighted by Crippen LogP contribution is -2.01. The van der Waals surface area contributed by atoms with Crippen LogP contribution in [-0.2, 0) is 6.42 Å². The van der Waals surface area contributed by atoms with Crippen LogP contribution in [0.3, 0.4) is 0 Å². The van der Waals surface area contributed by atoms with Gasteiger partial charge in [-0.2, -0.15) is 0 Å². The van der Waals surface area contributed by atoms with E-state index in [2.05, 4.69) is 22.2 Å². The van der Waals surface area contributed by atoms with Gasteiger partial charge in [0.25, 0.3) is 0 Å². The van der Waals surface area contributed by atoms with E-state index in [1.807, 2.05) is 19.2 Å². The number of anilines is 1. The summed E-state index contributed by atoms with van der Waals surface area (Å²) < 4.78 is 0. The van der Waals surface area contributed by atoms with Crippen molar-refractivity contribution in [1.82, 2.24) is 9.97 Å². The molecule has 0 bridgehead atoms. The van der Waals surface area contributed by atoms with Crippen molar-refractivity contribution in [3.63, 3.8) is 0 Å². The molecule has 0 unspecified atom stereocenters. The zero-order valence-electron chi connectivity index (χ0n) is 10.9. The molecule has 0 aliphatic carbocycles. The quantitative estimate of drug-likeness (QED) is 0.906. The lowest BCUT2D eigenvalue weighted by molar-refractivity contribution is 0.838. The summed E-state index contributed by atoms with van der Waals surface area (Å²) >= 11 is 12.2. The Balaban J connectivity index is 2.54. The number of halogens is 2. The maximum Gasteiger partial charge on any atom is 0.131 e. The van der Waals surface area contributed by atoms with Crippen LogP contribution in [0.4, 0.5) is 5.82 Å². The topological polar surface area (TPSA) is 37.8 Å². The molecule has 2 aromatic rings. The van der Waals surface area contributed by atoms with Gasteiger partial charge in [-0.25, -0.2) is 9.97 Å². The second-order valence-electron chi connectivity index (χ2n) is 4.18. The first-order valence-electron chi connectivity index (χ1n) is 6.15. The first-order chi connectivity index (χ1) is 9.13. The van der Waals surface area contributed by atoms with E-state index < -0.39 is 0 Å². The van der Waals surface area contributed by atoms with Crippen molar-refractivity contribution in [2.24, 2.45) is 0 Å². The summed E-state index contributed by atoms with van der Waals surface area (Å²) in [4.78, 5) is 8.97. The highest BCUT2D eigenvalue weighted by atomic mass is 35.5. The number of benzene rings is 1. The number of nitrogens with one attached hydrogen (secondary N) is 1. The number of aromatic nitrogens is 2. The minimum Gasteiger partial charge on any atom is -0.373 e. The predicted molar refractivity (Wildman–Crippen MR) is 81.0 cm³/mol. The second kappa shape index (κ2) is 6.22. The third-order valence-corrected chi connectivity index (χ3v) is 3.27. The summed E-state index contributed by atoms with van der Waals surface area (Å²) in [6, 6.07) is 7.23. The molecule has 19 heavy (non-hydrogen) atoms. The molecule has 3 nitrogen and oxygen atoms in total. The summed E-state index contributed by atoms with van der Waals surface area (Å²) in [7, 11) is 1.83. The molecule has 1 aromatic heterocycles. The molecule has 0 atom stereocenters. The van der Waals surface area contributed by atoms with Crippen LogP contribution < -0.4 is 5.32 Å². The van der Waals surface area contributed by atoms with Crippen molar-refractivity contribution < 1.29 is 0 Å². The standard InChI is InChI=1S/C14H15Cl2N3/c1-3-4-13-18-12(8-14(17-2)19-13)10-7-9(15)5-6-11(10)16/h5-8H,3-4H2,1-2H3,(H,17,18,19). The first kappa shape index (κ1) is 14.1. The lowest BCUT2D eigenvalue weighted by Gasteiger charge is -2.09. The average Bonchev–Trinajstić information content (AvgIpc) is 2.41. The summed E-state index contributed by atoms with van der Waals surface area (Å²) in [5.74, 6) is 1.59. The second-order valence-corrected chi connectivity index (χ2v) is 5.02. The molecule has 5 heteroatoms. The fourth-order valence-corrected chi connectivity index (χ4v) is 2.18. The largest absolute Gasteiger partial charge is 0.373 e. The Bertz CT molecular complexity index is 585. The predicted octanol–water partition coefficient (Wildman–Crippen LogP) is 4.44. The van der Waals surface area contributed by atoms with E-state index in [4.69, 9.17) is 23.2 Å². The van der Waals surface area contributed by atoms with Crippen LogP contribution >= 0.6 is 23.2 Å². The summed E-state index contributed by atoms with van der Waals surface area (Å²) in [5, 5.41) is 4.31. The van der Waals surface area contributed by atoms with Crippen LogP contribution in [0.25, 0.3) is 11.3 Å². The zero-order chi connectivity index (χ0) is 13.8. The minimum atomic E-state index is 0.632. The van der Waals surface area contributed by atoms with E-state index in [1.165, 1.54) is 0 Å². The molecule has 1 aromatic carbocycles. The van der Waals surface area contributed by atoms with Gasteiger partial charge in [0.05, 0.1) is 10.7 Å².